The van der Waals surface area contributed by atoms with Crippen molar-refractivity contribution in [3.8, 4) is 0 Å². The van der Waals surface area contributed by atoms with Gasteiger partial charge in [0.1, 0.15) is 29.5 Å². The van der Waals surface area contributed by atoms with E-state index in [1.165, 1.54) is 12.7 Å². The van der Waals surface area contributed by atoms with E-state index < -0.39 is 29.8 Å². The van der Waals surface area contributed by atoms with Crippen LogP contribution < -0.4 is 5.32 Å². The smallest absolute Gasteiger partial charge is 0.408 e. The largest absolute Gasteiger partial charge is 0.467 e. The van der Waals surface area contributed by atoms with Gasteiger partial charge in [0.15, 0.2) is 0 Å². The number of ether oxygens (including phenoxy) is 5. The number of esters is 1. The second-order valence-corrected chi connectivity index (χ2v) is 9.85. The Morgan fingerprint density at radius 3 is 2.50 bits per heavy atom. The highest BCUT2D eigenvalue weighted by Gasteiger charge is 2.72. The van der Waals surface area contributed by atoms with Crippen molar-refractivity contribution in [2.75, 3.05) is 20.8 Å². The van der Waals surface area contributed by atoms with Crippen molar-refractivity contribution in [1.82, 2.24) is 5.32 Å². The molecule has 1 saturated carbocycles. The maximum Gasteiger partial charge on any atom is 0.408 e. The lowest BCUT2D eigenvalue weighted by molar-refractivity contribution is -0.144. The van der Waals surface area contributed by atoms with E-state index in [2.05, 4.69) is 32.2 Å². The molecule has 8 unspecified atom stereocenters. The van der Waals surface area contributed by atoms with Crippen LogP contribution in [0.4, 0.5) is 4.79 Å². The first kappa shape index (κ1) is 25.0. The number of carbonyl (C=O) groups is 2. The maximum absolute atomic E-state index is 12.7. The molecule has 182 valence electrons. The van der Waals surface area contributed by atoms with Crippen molar-refractivity contribution < 1.29 is 33.3 Å². The van der Waals surface area contributed by atoms with Crippen molar-refractivity contribution in [3.05, 3.63) is 11.6 Å². The van der Waals surface area contributed by atoms with Crippen molar-refractivity contribution >= 4 is 12.1 Å². The highest BCUT2D eigenvalue weighted by atomic mass is 16.6. The molecule has 0 aromatic rings. The molecule has 0 aromatic heterocycles. The summed E-state index contributed by atoms with van der Waals surface area (Å²) >= 11 is 0. The minimum absolute atomic E-state index is 0.0481. The van der Waals surface area contributed by atoms with Crippen molar-refractivity contribution in [2.24, 2.45) is 11.8 Å². The molecule has 1 spiro atoms. The Hall–Kier alpha value is -1.64. The second-order valence-electron chi connectivity index (χ2n) is 9.85. The molecule has 3 fully saturated rings. The number of amides is 1. The molecule has 8 nitrogen and oxygen atoms in total. The fourth-order valence-electron chi connectivity index (χ4n) is 5.16. The number of hydrogen-bond acceptors (Lipinski definition) is 7. The van der Waals surface area contributed by atoms with Gasteiger partial charge in [0.05, 0.1) is 25.7 Å². The summed E-state index contributed by atoms with van der Waals surface area (Å²) in [7, 11) is 2.95. The summed E-state index contributed by atoms with van der Waals surface area (Å²) in [4.78, 5) is 24.9. The van der Waals surface area contributed by atoms with Gasteiger partial charge in [-0.2, -0.15) is 0 Å². The van der Waals surface area contributed by atoms with Gasteiger partial charge in [0, 0.05) is 7.11 Å². The number of rotatable bonds is 9. The van der Waals surface area contributed by atoms with Gasteiger partial charge in [0.25, 0.3) is 0 Å². The Kier molecular flexibility index (Phi) is 7.57. The topological polar surface area (TPSA) is 98.9 Å². The first-order chi connectivity index (χ1) is 15.1. The lowest BCUT2D eigenvalue weighted by Crippen LogP contribution is -2.56. The zero-order valence-electron chi connectivity index (χ0n) is 20.4. The van der Waals surface area contributed by atoms with E-state index in [1.807, 2.05) is 13.8 Å². The zero-order valence-corrected chi connectivity index (χ0v) is 20.4. The summed E-state index contributed by atoms with van der Waals surface area (Å²) in [6.07, 6.45) is 3.77. The molecule has 1 amide bonds. The quantitative estimate of drug-likeness (QED) is 0.325. The molecule has 3 aliphatic rings. The van der Waals surface area contributed by atoms with Crippen molar-refractivity contribution in [2.45, 2.75) is 95.9 Å². The van der Waals surface area contributed by atoms with Gasteiger partial charge in [-0.1, -0.05) is 31.9 Å². The monoisotopic (exact) mass is 453 g/mol. The summed E-state index contributed by atoms with van der Waals surface area (Å²) in [5, 5.41) is 2.70. The predicted octanol–water partition coefficient (Wildman–Crippen LogP) is 3.38. The Morgan fingerprint density at radius 2 is 1.97 bits per heavy atom. The van der Waals surface area contributed by atoms with Gasteiger partial charge in [-0.3, -0.25) is 0 Å². The summed E-state index contributed by atoms with van der Waals surface area (Å²) in [5.41, 5.74) is 0.579. The van der Waals surface area contributed by atoms with E-state index in [1.54, 1.807) is 7.11 Å². The molecule has 0 radical (unpaired) electrons. The number of nitrogens with one attached hydrogen (secondary N) is 1. The van der Waals surface area contributed by atoms with E-state index >= 15 is 0 Å². The van der Waals surface area contributed by atoms with Crippen molar-refractivity contribution in [1.29, 1.82) is 0 Å². The second kappa shape index (κ2) is 9.69. The van der Waals surface area contributed by atoms with Crippen LogP contribution in [0.5, 0.6) is 0 Å². The van der Waals surface area contributed by atoms with E-state index in [4.69, 9.17) is 23.7 Å². The minimum atomic E-state index is -0.756. The average molecular weight is 454 g/mol. The van der Waals surface area contributed by atoms with Crippen LogP contribution in [0.2, 0.25) is 0 Å². The number of carbonyl (C=O) groups excluding carboxylic acids is 2. The maximum atomic E-state index is 12.7. The van der Waals surface area contributed by atoms with Gasteiger partial charge < -0.3 is 29.0 Å². The third kappa shape index (κ3) is 4.97. The predicted molar refractivity (Wildman–Crippen MR) is 118 cm³/mol. The molecule has 3 rings (SSSR count). The van der Waals surface area contributed by atoms with Gasteiger partial charge in [0.2, 0.25) is 0 Å². The van der Waals surface area contributed by atoms with Crippen molar-refractivity contribution in [3.63, 3.8) is 0 Å². The normalized spacial score (nSPS) is 37.2. The first-order valence-corrected chi connectivity index (χ1v) is 11.6. The van der Waals surface area contributed by atoms with Crippen LogP contribution >= 0.6 is 0 Å². The van der Waals surface area contributed by atoms with Crippen LogP contribution in [0.15, 0.2) is 11.6 Å². The minimum Gasteiger partial charge on any atom is -0.467 e. The van der Waals surface area contributed by atoms with Crippen LogP contribution in [0.1, 0.15) is 60.3 Å². The van der Waals surface area contributed by atoms with Crippen LogP contribution in [0, 0.1) is 11.8 Å². The third-order valence-electron chi connectivity index (χ3n) is 7.44. The lowest BCUT2D eigenvalue weighted by Gasteiger charge is -2.42. The SMILES string of the molecule is CCC(C)C(NC(=O)OC1CCC2(CO2)C(C2(C)OC2CC=C(C)C)C1OC)C(=O)OC. The van der Waals surface area contributed by atoms with E-state index in [0.717, 1.165) is 19.3 Å². The molecule has 32 heavy (non-hydrogen) atoms. The summed E-state index contributed by atoms with van der Waals surface area (Å²) in [5.74, 6) is -0.606. The number of allylic oxidation sites excluding steroid dienone is 1. The molecule has 1 N–H and O–H groups in total. The highest BCUT2D eigenvalue weighted by molar-refractivity contribution is 5.81. The van der Waals surface area contributed by atoms with Gasteiger partial charge >= 0.3 is 12.1 Å². The van der Waals surface area contributed by atoms with Gasteiger partial charge in [-0.05, 0) is 46.0 Å². The third-order valence-corrected chi connectivity index (χ3v) is 7.44. The molecule has 2 saturated heterocycles. The summed E-state index contributed by atoms with van der Waals surface area (Å²) in [6.45, 7) is 10.8. The molecule has 8 heteroatoms. The standard InChI is InChI=1S/C24H39NO7/c1-8-15(4)18(21(26)29-7)25-22(27)31-16-11-12-24(13-30-24)20(19(16)28-6)23(5)17(32-23)10-9-14(2)3/h9,15-20H,8,10-13H2,1-7H3,(H,25,27). The van der Waals surface area contributed by atoms with E-state index in [0.29, 0.717) is 13.0 Å². The molecular weight excluding hydrogens is 414 g/mol. The zero-order chi connectivity index (χ0) is 23.7. The fourth-order valence-corrected chi connectivity index (χ4v) is 5.16. The number of methoxy groups -OCH3 is 2. The Labute approximate surface area is 191 Å². The Balaban J connectivity index is 1.71. The number of alkyl carbamates (subject to hydrolysis) is 1. The van der Waals surface area contributed by atoms with Gasteiger partial charge in [-0.25, -0.2) is 9.59 Å². The summed E-state index contributed by atoms with van der Waals surface area (Å²) < 4.78 is 28.7. The van der Waals surface area contributed by atoms with Crippen LogP contribution in [0.25, 0.3) is 0 Å². The molecule has 8 atom stereocenters. The van der Waals surface area contributed by atoms with Crippen LogP contribution in [-0.4, -0.2) is 68.4 Å². The van der Waals surface area contributed by atoms with Gasteiger partial charge in [-0.15, -0.1) is 0 Å². The molecule has 1 aliphatic carbocycles. The van der Waals surface area contributed by atoms with Crippen LogP contribution in [-0.2, 0) is 28.5 Å². The first-order valence-electron chi connectivity index (χ1n) is 11.6. The number of epoxide rings is 2. The molecule has 2 heterocycles. The fraction of sp³-hybridized carbons (Fsp3) is 0.833. The lowest BCUT2D eigenvalue weighted by atomic mass is 9.68. The highest BCUT2D eigenvalue weighted by Crippen LogP contribution is 2.59. The molecule has 0 aromatic carbocycles. The Morgan fingerprint density at radius 1 is 1.28 bits per heavy atom. The summed E-state index contributed by atoms with van der Waals surface area (Å²) in [6, 6.07) is -0.756. The number of hydrogen-bond donors (Lipinski definition) is 1. The Bertz CT molecular complexity index is 730. The van der Waals surface area contributed by atoms with E-state index in [9.17, 15) is 9.59 Å². The molecule has 0 bridgehead atoms. The molecular formula is C24H39NO7. The molecule has 2 aliphatic heterocycles. The van der Waals surface area contributed by atoms with E-state index in [-0.39, 0.29) is 29.6 Å². The van der Waals surface area contributed by atoms with Crippen LogP contribution in [0.3, 0.4) is 0 Å². The average Bonchev–Trinajstić information content (AvgIpc) is 3.67.